The van der Waals surface area contributed by atoms with Gasteiger partial charge < -0.3 is 0 Å². The molecule has 1 atom stereocenters. The Labute approximate surface area is 70.1 Å². The number of halogens is 1. The second-order valence-electron chi connectivity index (χ2n) is 2.01. The van der Waals surface area contributed by atoms with Gasteiger partial charge in [-0.1, -0.05) is 6.92 Å². The molecule has 2 nitrogen and oxygen atoms in total. The summed E-state index contributed by atoms with van der Waals surface area (Å²) in [6.07, 6.45) is 0.727. The molecule has 0 saturated heterocycles. The van der Waals surface area contributed by atoms with Gasteiger partial charge in [-0.2, -0.15) is 0 Å². The van der Waals surface area contributed by atoms with Gasteiger partial charge in [-0.15, -0.1) is 11.3 Å². The van der Waals surface area contributed by atoms with Gasteiger partial charge >= 0.3 is 0 Å². The molecule has 0 bridgehead atoms. The van der Waals surface area contributed by atoms with Gasteiger partial charge in [0.15, 0.2) is 5.82 Å². The zero-order valence-electron chi connectivity index (χ0n) is 5.93. The molecule has 62 valence electrons. The Bertz CT molecular complexity index is 321. The van der Waals surface area contributed by atoms with Crippen LogP contribution in [0.25, 0.3) is 0 Å². The average Bonchev–Trinajstić information content (AvgIpc) is 2.30. The topological polar surface area (TPSA) is 40.9 Å². The predicted octanol–water partition coefficient (Wildman–Crippen LogP) is 2.05. The molecule has 0 fully saturated rings. The van der Waals surface area contributed by atoms with Gasteiger partial charge in [0, 0.05) is 4.88 Å². The predicted molar refractivity (Wildman–Crippen MR) is 44.2 cm³/mol. The van der Waals surface area contributed by atoms with E-state index in [2.05, 4.69) is 0 Å². The van der Waals surface area contributed by atoms with Crippen molar-refractivity contribution < 1.29 is 8.60 Å². The van der Waals surface area contributed by atoms with E-state index in [-0.39, 0.29) is 4.21 Å². The third-order valence-electron chi connectivity index (χ3n) is 1.25. The minimum atomic E-state index is -2.26. The Hall–Kier alpha value is -0.420. The summed E-state index contributed by atoms with van der Waals surface area (Å²) in [5.74, 6) is -0.497. The molecule has 1 aromatic rings. The first-order valence-corrected chi connectivity index (χ1v) is 5.19. The van der Waals surface area contributed by atoms with Crippen molar-refractivity contribution >= 4 is 21.9 Å². The number of aryl methyl sites for hydroxylation is 1. The Morgan fingerprint density at radius 3 is 2.73 bits per heavy atom. The SMILES string of the molecule is CCc1cc(F)c([SH](=N)=O)s1. The van der Waals surface area contributed by atoms with E-state index < -0.39 is 16.4 Å². The molecule has 0 radical (unpaired) electrons. The van der Waals surface area contributed by atoms with Gasteiger partial charge in [-0.05, 0) is 12.5 Å². The summed E-state index contributed by atoms with van der Waals surface area (Å²) in [7, 11) is -2.26. The second kappa shape index (κ2) is 3.32. The van der Waals surface area contributed by atoms with Crippen molar-refractivity contribution in [2.45, 2.75) is 17.6 Å². The maximum atomic E-state index is 12.8. The molecule has 0 aliphatic heterocycles. The van der Waals surface area contributed by atoms with Crippen LogP contribution in [0.5, 0.6) is 0 Å². The van der Waals surface area contributed by atoms with E-state index in [4.69, 9.17) is 4.78 Å². The van der Waals surface area contributed by atoms with Crippen molar-refractivity contribution in [1.82, 2.24) is 0 Å². The number of thiol groups is 1. The van der Waals surface area contributed by atoms with Crippen LogP contribution in [0.15, 0.2) is 10.3 Å². The first-order chi connectivity index (χ1) is 5.15. The molecule has 0 aromatic carbocycles. The summed E-state index contributed by atoms with van der Waals surface area (Å²) in [4.78, 5) is 0.841. The van der Waals surface area contributed by atoms with Crippen molar-refractivity contribution in [3.05, 3.63) is 16.8 Å². The zero-order valence-corrected chi connectivity index (χ0v) is 7.64. The van der Waals surface area contributed by atoms with E-state index in [1.165, 1.54) is 6.07 Å². The molecule has 1 unspecified atom stereocenters. The molecule has 1 rings (SSSR count). The van der Waals surface area contributed by atoms with E-state index in [0.29, 0.717) is 0 Å². The van der Waals surface area contributed by atoms with Gasteiger partial charge in [0.2, 0.25) is 0 Å². The molecule has 1 N–H and O–H groups in total. The summed E-state index contributed by atoms with van der Waals surface area (Å²) < 4.78 is 30.2. The zero-order chi connectivity index (χ0) is 8.43. The van der Waals surface area contributed by atoms with Crippen molar-refractivity contribution in [2.24, 2.45) is 0 Å². The van der Waals surface area contributed by atoms with Gasteiger partial charge in [0.05, 0.1) is 10.6 Å². The molecule has 11 heavy (non-hydrogen) atoms. The summed E-state index contributed by atoms with van der Waals surface area (Å²) in [6.45, 7) is 1.89. The molecule has 0 amide bonds. The van der Waals surface area contributed by atoms with Gasteiger partial charge in [0.25, 0.3) is 0 Å². The first kappa shape index (κ1) is 8.67. The van der Waals surface area contributed by atoms with Crippen LogP contribution in [-0.4, -0.2) is 4.21 Å². The van der Waals surface area contributed by atoms with Crippen LogP contribution >= 0.6 is 11.3 Å². The number of hydrogen-bond acceptors (Lipinski definition) is 3. The minimum Gasteiger partial charge on any atom is -0.250 e. The summed E-state index contributed by atoms with van der Waals surface area (Å²) in [5, 5.41) is 0. The fraction of sp³-hybridized carbons (Fsp3) is 0.333. The van der Waals surface area contributed by atoms with Crippen LogP contribution in [0.4, 0.5) is 4.39 Å². The Morgan fingerprint density at radius 1 is 1.82 bits per heavy atom. The fourth-order valence-electron chi connectivity index (χ4n) is 0.718. The van der Waals surface area contributed by atoms with Gasteiger partial charge in [-0.3, -0.25) is 4.78 Å². The highest BCUT2D eigenvalue weighted by molar-refractivity contribution is 7.76. The van der Waals surface area contributed by atoms with Crippen molar-refractivity contribution in [3.63, 3.8) is 0 Å². The molecular weight excluding hydrogens is 185 g/mol. The fourth-order valence-corrected chi connectivity index (χ4v) is 2.37. The highest BCUT2D eigenvalue weighted by Crippen LogP contribution is 2.22. The molecule has 0 aliphatic carbocycles. The minimum absolute atomic E-state index is 0.0665. The highest BCUT2D eigenvalue weighted by Gasteiger charge is 2.07. The molecule has 1 aromatic heterocycles. The number of rotatable bonds is 2. The monoisotopic (exact) mass is 193 g/mol. The maximum Gasteiger partial charge on any atom is 0.151 e. The van der Waals surface area contributed by atoms with Crippen LogP contribution in [0.2, 0.25) is 0 Å². The van der Waals surface area contributed by atoms with Gasteiger partial charge in [-0.25, -0.2) is 8.60 Å². The molecule has 1 heterocycles. The van der Waals surface area contributed by atoms with Gasteiger partial charge in [0.1, 0.15) is 4.21 Å². The molecule has 0 spiro atoms. The maximum absolute atomic E-state index is 12.8. The lowest BCUT2D eigenvalue weighted by Gasteiger charge is -1.81. The van der Waals surface area contributed by atoms with Crippen molar-refractivity contribution in [1.29, 1.82) is 4.78 Å². The second-order valence-corrected chi connectivity index (χ2v) is 4.49. The van der Waals surface area contributed by atoms with Crippen molar-refractivity contribution in [2.75, 3.05) is 0 Å². The van der Waals surface area contributed by atoms with Crippen LogP contribution in [0.1, 0.15) is 11.8 Å². The van der Waals surface area contributed by atoms with Crippen LogP contribution < -0.4 is 0 Å². The third kappa shape index (κ3) is 1.78. The largest absolute Gasteiger partial charge is 0.250 e. The lowest BCUT2D eigenvalue weighted by Crippen LogP contribution is -1.73. The Balaban J connectivity index is 3.17. The van der Waals surface area contributed by atoms with E-state index >= 15 is 0 Å². The third-order valence-corrected chi connectivity index (χ3v) is 3.66. The lowest BCUT2D eigenvalue weighted by atomic mass is 10.4. The van der Waals surface area contributed by atoms with E-state index in [1.54, 1.807) is 0 Å². The van der Waals surface area contributed by atoms with Crippen molar-refractivity contribution in [3.8, 4) is 0 Å². The molecular formula is C6H8FNOS2. The quantitative estimate of drug-likeness (QED) is 0.693. The standard InChI is InChI=1S/C6H8FNOS2/c1-2-4-3-5(7)6(10-4)11(8)9/h3,8,11H,2H2,1H3. The Morgan fingerprint density at radius 2 is 2.45 bits per heavy atom. The smallest absolute Gasteiger partial charge is 0.151 e. The molecule has 0 aliphatic rings. The first-order valence-electron chi connectivity index (χ1n) is 3.12. The van der Waals surface area contributed by atoms with E-state index in [1.807, 2.05) is 6.92 Å². The average molecular weight is 193 g/mol. The number of nitrogens with one attached hydrogen (secondary N) is 1. The molecule has 0 saturated carbocycles. The summed E-state index contributed by atoms with van der Waals surface area (Å²) in [6, 6.07) is 1.35. The normalized spacial score (nSPS) is 13.3. The van der Waals surface area contributed by atoms with Crippen LogP contribution in [0.3, 0.4) is 0 Å². The number of thiophene rings is 1. The Kier molecular flexibility index (Phi) is 2.62. The lowest BCUT2D eigenvalue weighted by molar-refractivity contribution is 0.606. The molecule has 5 heteroatoms. The van der Waals surface area contributed by atoms with E-state index in [9.17, 15) is 8.60 Å². The summed E-state index contributed by atoms with van der Waals surface area (Å²) >= 11 is 1.12. The number of hydrogen-bond donors (Lipinski definition) is 2. The van der Waals surface area contributed by atoms with Crippen LogP contribution in [0, 0.1) is 10.6 Å². The summed E-state index contributed by atoms with van der Waals surface area (Å²) in [5.41, 5.74) is 0. The highest BCUT2D eigenvalue weighted by atomic mass is 32.2. The van der Waals surface area contributed by atoms with E-state index in [0.717, 1.165) is 22.6 Å². The van der Waals surface area contributed by atoms with Crippen LogP contribution in [-0.2, 0) is 17.0 Å².